The first-order valence-corrected chi connectivity index (χ1v) is 9.43. The van der Waals surface area contributed by atoms with E-state index in [4.69, 9.17) is 0 Å². The molecule has 0 spiro atoms. The van der Waals surface area contributed by atoms with Crippen molar-refractivity contribution in [3.05, 3.63) is 47.4 Å². The lowest BCUT2D eigenvalue weighted by Gasteiger charge is -2.27. The number of alkyl halides is 6. The molecule has 1 aromatic carbocycles. The highest BCUT2D eigenvalue weighted by Gasteiger charge is 2.37. The van der Waals surface area contributed by atoms with Gasteiger partial charge in [0.2, 0.25) is 0 Å². The van der Waals surface area contributed by atoms with Crippen LogP contribution in [0.3, 0.4) is 0 Å². The highest BCUT2D eigenvalue weighted by atomic mass is 19.4. The molecule has 0 aliphatic carbocycles. The highest BCUT2D eigenvalue weighted by molar-refractivity contribution is 5.89. The molecular formula is C19H19F6N5O. The summed E-state index contributed by atoms with van der Waals surface area (Å²) in [6.45, 7) is 1.54. The van der Waals surface area contributed by atoms with Crippen LogP contribution >= 0.6 is 0 Å². The van der Waals surface area contributed by atoms with E-state index in [1.165, 1.54) is 6.20 Å². The van der Waals surface area contributed by atoms with Gasteiger partial charge in [0.25, 0.3) is 0 Å². The minimum Gasteiger partial charge on any atom is -0.357 e. The smallest absolute Gasteiger partial charge is 0.357 e. The molecule has 3 rings (SSSR count). The molecule has 0 bridgehead atoms. The summed E-state index contributed by atoms with van der Waals surface area (Å²) in [6, 6.07) is 1.60. The Morgan fingerprint density at radius 1 is 0.968 bits per heavy atom. The van der Waals surface area contributed by atoms with E-state index in [2.05, 4.69) is 20.2 Å². The maximum Gasteiger partial charge on any atom is 0.416 e. The topological polar surface area (TPSA) is 70.2 Å². The zero-order valence-corrected chi connectivity index (χ0v) is 16.1. The Kier molecular flexibility index (Phi) is 6.56. The molecule has 168 valence electrons. The van der Waals surface area contributed by atoms with E-state index >= 15 is 0 Å². The molecule has 1 aliphatic heterocycles. The van der Waals surface area contributed by atoms with E-state index in [9.17, 15) is 31.1 Å². The predicted molar refractivity (Wildman–Crippen MR) is 100 cm³/mol. The monoisotopic (exact) mass is 447 g/mol. The minimum absolute atomic E-state index is 0.0109. The number of carbonyl (C=O) groups is 1. The third kappa shape index (κ3) is 6.22. The van der Waals surface area contributed by atoms with Gasteiger partial charge >= 0.3 is 18.4 Å². The molecule has 6 nitrogen and oxygen atoms in total. The van der Waals surface area contributed by atoms with Crippen LogP contribution in [0, 0.1) is 0 Å². The van der Waals surface area contributed by atoms with Crippen LogP contribution < -0.4 is 15.5 Å². The van der Waals surface area contributed by atoms with Gasteiger partial charge in [-0.3, -0.25) is 0 Å². The van der Waals surface area contributed by atoms with Crippen LogP contribution in [0.5, 0.6) is 0 Å². The summed E-state index contributed by atoms with van der Waals surface area (Å²) in [7, 11) is 0. The number of hydrogen-bond donors (Lipinski definition) is 2. The van der Waals surface area contributed by atoms with Gasteiger partial charge in [0, 0.05) is 25.0 Å². The molecule has 1 saturated heterocycles. The Labute approximate surface area is 173 Å². The average molecular weight is 447 g/mol. The Morgan fingerprint density at radius 2 is 1.58 bits per heavy atom. The van der Waals surface area contributed by atoms with Gasteiger partial charge in [-0.25, -0.2) is 14.8 Å². The second-order valence-electron chi connectivity index (χ2n) is 6.98. The normalized spacial score (nSPS) is 15.0. The fourth-order valence-electron chi connectivity index (χ4n) is 3.13. The number of benzene rings is 1. The number of anilines is 2. The summed E-state index contributed by atoms with van der Waals surface area (Å²) in [4.78, 5) is 22.5. The first kappa shape index (κ1) is 22.6. The average Bonchev–Trinajstić information content (AvgIpc) is 2.72. The molecule has 0 radical (unpaired) electrons. The fraction of sp³-hybridized carbons (Fsp3) is 0.421. The van der Waals surface area contributed by atoms with E-state index in [1.807, 2.05) is 5.32 Å². The zero-order valence-electron chi connectivity index (χ0n) is 16.1. The molecule has 1 aliphatic rings. The lowest BCUT2D eigenvalue weighted by atomic mass is 10.1. The summed E-state index contributed by atoms with van der Waals surface area (Å²) in [6.07, 6.45) is -5.27. The van der Waals surface area contributed by atoms with E-state index in [1.54, 1.807) is 6.07 Å². The van der Waals surface area contributed by atoms with Gasteiger partial charge in [-0.2, -0.15) is 26.3 Å². The number of halogens is 6. The summed E-state index contributed by atoms with van der Waals surface area (Å²) in [5.74, 6) is 0.956. The van der Waals surface area contributed by atoms with E-state index in [-0.39, 0.29) is 18.4 Å². The Hall–Kier alpha value is -3.05. The van der Waals surface area contributed by atoms with Crippen LogP contribution in [-0.4, -0.2) is 29.1 Å². The third-order valence-electron chi connectivity index (χ3n) is 4.62. The molecule has 12 heteroatoms. The molecule has 2 amide bonds. The summed E-state index contributed by atoms with van der Waals surface area (Å²) in [5.41, 5.74) is -3.67. The van der Waals surface area contributed by atoms with Gasteiger partial charge in [0.1, 0.15) is 11.6 Å². The predicted octanol–water partition coefficient (Wildman–Crippen LogP) is 4.83. The number of amides is 2. The molecule has 31 heavy (non-hydrogen) atoms. The molecule has 1 fully saturated rings. The van der Waals surface area contributed by atoms with Gasteiger partial charge < -0.3 is 15.5 Å². The van der Waals surface area contributed by atoms with Gasteiger partial charge in [-0.1, -0.05) is 0 Å². The lowest BCUT2D eigenvalue weighted by Crippen LogP contribution is -2.31. The van der Waals surface area contributed by atoms with Gasteiger partial charge in [-0.05, 0) is 43.5 Å². The first-order chi connectivity index (χ1) is 14.5. The third-order valence-corrected chi connectivity index (χ3v) is 4.62. The van der Waals surface area contributed by atoms with Crippen molar-refractivity contribution in [2.24, 2.45) is 0 Å². The number of carbonyl (C=O) groups excluding carboxylic acids is 1. The number of urea groups is 1. The molecular weight excluding hydrogens is 428 g/mol. The van der Waals surface area contributed by atoms with Crippen molar-refractivity contribution in [2.75, 3.05) is 23.3 Å². The van der Waals surface area contributed by atoms with Crippen LogP contribution in [0.15, 0.2) is 30.5 Å². The minimum atomic E-state index is -5.00. The number of hydrogen-bond acceptors (Lipinski definition) is 4. The fourth-order valence-corrected chi connectivity index (χ4v) is 3.13. The molecule has 0 atom stereocenters. The standard InChI is InChI=1S/C19H19F6N5O/c20-18(21,22)12-8-13(19(23,24)25)10-14(9-12)28-17(31)27-11-15-26-5-4-16(29-15)30-6-2-1-3-7-30/h4-5,8-10H,1-3,6-7,11H2,(H2,27,28,31). The van der Waals surface area contributed by atoms with Gasteiger partial charge in [-0.15, -0.1) is 0 Å². The first-order valence-electron chi connectivity index (χ1n) is 9.43. The number of aromatic nitrogens is 2. The van der Waals surface area contributed by atoms with E-state index in [0.29, 0.717) is 18.0 Å². The van der Waals surface area contributed by atoms with Gasteiger partial charge in [0.15, 0.2) is 0 Å². The quantitative estimate of drug-likeness (QED) is 0.659. The summed E-state index contributed by atoms with van der Waals surface area (Å²) < 4.78 is 77.5. The Bertz CT molecular complexity index is 892. The molecule has 2 N–H and O–H groups in total. The van der Waals surface area contributed by atoms with Crippen LogP contribution in [0.2, 0.25) is 0 Å². The second-order valence-corrected chi connectivity index (χ2v) is 6.98. The Balaban J connectivity index is 1.67. The largest absolute Gasteiger partial charge is 0.416 e. The number of nitrogens with one attached hydrogen (secondary N) is 2. The van der Waals surface area contributed by atoms with Crippen molar-refractivity contribution in [3.8, 4) is 0 Å². The molecule has 0 saturated carbocycles. The summed E-state index contributed by atoms with van der Waals surface area (Å²) in [5, 5.41) is 4.34. The summed E-state index contributed by atoms with van der Waals surface area (Å²) >= 11 is 0. The molecule has 2 heterocycles. The zero-order chi connectivity index (χ0) is 22.6. The number of piperidine rings is 1. The maximum absolute atomic E-state index is 12.9. The second kappa shape index (κ2) is 8.98. The van der Waals surface area contributed by atoms with Crippen molar-refractivity contribution in [1.29, 1.82) is 0 Å². The van der Waals surface area contributed by atoms with Crippen LogP contribution in [0.1, 0.15) is 36.2 Å². The Morgan fingerprint density at radius 3 is 2.16 bits per heavy atom. The van der Waals surface area contributed by atoms with Crippen molar-refractivity contribution < 1.29 is 31.1 Å². The molecule has 0 unspecified atom stereocenters. The van der Waals surface area contributed by atoms with Crippen LogP contribution in [-0.2, 0) is 18.9 Å². The van der Waals surface area contributed by atoms with Crippen molar-refractivity contribution in [3.63, 3.8) is 0 Å². The highest BCUT2D eigenvalue weighted by Crippen LogP contribution is 2.37. The maximum atomic E-state index is 12.9. The molecule has 2 aromatic rings. The van der Waals surface area contributed by atoms with Crippen molar-refractivity contribution in [2.45, 2.75) is 38.2 Å². The number of rotatable bonds is 4. The van der Waals surface area contributed by atoms with Crippen molar-refractivity contribution in [1.82, 2.24) is 15.3 Å². The SMILES string of the molecule is O=C(NCc1nccc(N2CCCCC2)n1)Nc1cc(C(F)(F)F)cc(C(F)(F)F)c1. The van der Waals surface area contributed by atoms with E-state index < -0.39 is 35.2 Å². The van der Waals surface area contributed by atoms with Crippen LogP contribution in [0.4, 0.5) is 42.6 Å². The van der Waals surface area contributed by atoms with E-state index in [0.717, 1.165) is 32.4 Å². The number of nitrogens with zero attached hydrogens (tertiary/aromatic N) is 3. The van der Waals surface area contributed by atoms with Gasteiger partial charge in [0.05, 0.1) is 17.7 Å². The van der Waals surface area contributed by atoms with Crippen LogP contribution in [0.25, 0.3) is 0 Å². The molecule has 1 aromatic heterocycles. The van der Waals surface area contributed by atoms with Crippen molar-refractivity contribution >= 4 is 17.5 Å². The lowest BCUT2D eigenvalue weighted by molar-refractivity contribution is -0.143.